The molecular formula is C26H21Cl2N3O3. The third kappa shape index (κ3) is 5.88. The van der Waals surface area contributed by atoms with Crippen molar-refractivity contribution in [3.05, 3.63) is 87.5 Å². The molecule has 6 nitrogen and oxygen atoms in total. The summed E-state index contributed by atoms with van der Waals surface area (Å²) >= 11 is 12.2. The third-order valence-electron chi connectivity index (χ3n) is 5.24. The Hall–Kier alpha value is -3.53. The summed E-state index contributed by atoms with van der Waals surface area (Å²) in [4.78, 5) is 32.4. The van der Waals surface area contributed by atoms with Gasteiger partial charge in [-0.15, -0.1) is 0 Å². The van der Waals surface area contributed by atoms with Crippen molar-refractivity contribution in [3.8, 4) is 17.6 Å². The topological polar surface area (TPSA) is 62.7 Å². The molecule has 1 aliphatic heterocycles. The first-order chi connectivity index (χ1) is 16.4. The number of rotatable bonds is 3. The number of halogens is 2. The summed E-state index contributed by atoms with van der Waals surface area (Å²) in [6.07, 6.45) is 1.72. The van der Waals surface area contributed by atoms with E-state index in [0.717, 1.165) is 16.9 Å². The lowest BCUT2D eigenvalue weighted by Crippen LogP contribution is -2.49. The minimum Gasteiger partial charge on any atom is -0.427 e. The number of carbonyl (C=O) groups excluding carboxylic acids is 2. The van der Waals surface area contributed by atoms with E-state index < -0.39 is 0 Å². The minimum absolute atomic E-state index is 0.122. The van der Waals surface area contributed by atoms with Gasteiger partial charge in [0.1, 0.15) is 11.6 Å². The molecule has 0 radical (unpaired) electrons. The summed E-state index contributed by atoms with van der Waals surface area (Å²) < 4.78 is 5.09. The Morgan fingerprint density at radius 2 is 1.71 bits per heavy atom. The van der Waals surface area contributed by atoms with Crippen molar-refractivity contribution in [1.82, 2.24) is 9.88 Å². The standard InChI is InChI=1S/C26H21Cl2N3O3/c1-18(32)34-22-4-2-3-19(15-22)5-6-20-7-10-25(29-17-20)30-11-13-31(14-12-30)26(33)23-16-21(27)8-9-24(23)28/h2-4,7-10,15-17H,11-14H2,1H3. The zero-order valence-corrected chi connectivity index (χ0v) is 19.9. The highest BCUT2D eigenvalue weighted by molar-refractivity contribution is 6.35. The average Bonchev–Trinajstić information content (AvgIpc) is 2.84. The summed E-state index contributed by atoms with van der Waals surface area (Å²) in [5, 5.41) is 0.879. The van der Waals surface area contributed by atoms with E-state index in [1.807, 2.05) is 18.2 Å². The molecule has 34 heavy (non-hydrogen) atoms. The minimum atomic E-state index is -0.372. The summed E-state index contributed by atoms with van der Waals surface area (Å²) in [6.45, 7) is 3.79. The fraction of sp³-hybridized carbons (Fsp3) is 0.192. The first-order valence-corrected chi connectivity index (χ1v) is 11.4. The normalized spacial score (nSPS) is 13.1. The monoisotopic (exact) mass is 493 g/mol. The number of hydrogen-bond donors (Lipinski definition) is 0. The lowest BCUT2D eigenvalue weighted by atomic mass is 10.1. The van der Waals surface area contributed by atoms with E-state index in [1.165, 1.54) is 6.92 Å². The van der Waals surface area contributed by atoms with Crippen molar-refractivity contribution >= 4 is 40.9 Å². The molecule has 172 valence electrons. The third-order valence-corrected chi connectivity index (χ3v) is 5.81. The van der Waals surface area contributed by atoms with E-state index in [1.54, 1.807) is 47.5 Å². The van der Waals surface area contributed by atoms with Crippen LogP contribution in [0.5, 0.6) is 5.75 Å². The second-order valence-corrected chi connectivity index (χ2v) is 8.52. The van der Waals surface area contributed by atoms with Crippen LogP contribution in [0, 0.1) is 11.8 Å². The fourth-order valence-corrected chi connectivity index (χ4v) is 3.94. The Labute approximate surface area is 208 Å². The van der Waals surface area contributed by atoms with E-state index in [-0.39, 0.29) is 11.9 Å². The van der Waals surface area contributed by atoms with Crippen molar-refractivity contribution in [2.45, 2.75) is 6.92 Å². The van der Waals surface area contributed by atoms with Crippen LogP contribution in [0.1, 0.15) is 28.4 Å². The van der Waals surface area contributed by atoms with Crippen molar-refractivity contribution in [1.29, 1.82) is 0 Å². The van der Waals surface area contributed by atoms with Crippen molar-refractivity contribution < 1.29 is 14.3 Å². The molecule has 1 amide bonds. The van der Waals surface area contributed by atoms with Gasteiger partial charge in [0.05, 0.1) is 10.6 Å². The van der Waals surface area contributed by atoms with Gasteiger partial charge in [-0.1, -0.05) is 41.1 Å². The van der Waals surface area contributed by atoms with Gasteiger partial charge < -0.3 is 14.5 Å². The largest absolute Gasteiger partial charge is 0.427 e. The molecule has 0 spiro atoms. The van der Waals surface area contributed by atoms with Gasteiger partial charge in [-0.2, -0.15) is 0 Å². The molecule has 0 N–H and O–H groups in total. The Morgan fingerprint density at radius 3 is 2.41 bits per heavy atom. The van der Waals surface area contributed by atoms with E-state index in [2.05, 4.69) is 21.7 Å². The Kier molecular flexibility index (Phi) is 7.36. The number of carbonyl (C=O) groups is 2. The number of piperazine rings is 1. The maximum atomic E-state index is 12.8. The van der Waals surface area contributed by atoms with Gasteiger partial charge in [0.15, 0.2) is 0 Å². The Morgan fingerprint density at radius 1 is 0.941 bits per heavy atom. The van der Waals surface area contributed by atoms with Crippen LogP contribution in [0.4, 0.5) is 5.82 Å². The quantitative estimate of drug-likeness (QED) is 0.301. The molecule has 3 aromatic rings. The van der Waals surface area contributed by atoms with Gasteiger partial charge in [0.25, 0.3) is 5.91 Å². The van der Waals surface area contributed by atoms with Crippen LogP contribution < -0.4 is 9.64 Å². The molecular weight excluding hydrogens is 473 g/mol. The molecule has 0 aliphatic carbocycles. The Bertz CT molecular complexity index is 1270. The van der Waals surface area contributed by atoms with Gasteiger partial charge in [0, 0.05) is 55.4 Å². The molecule has 1 aliphatic rings. The smallest absolute Gasteiger partial charge is 0.308 e. The second-order valence-electron chi connectivity index (χ2n) is 7.68. The molecule has 4 rings (SSSR count). The van der Waals surface area contributed by atoms with Crippen molar-refractivity contribution in [2.24, 2.45) is 0 Å². The van der Waals surface area contributed by atoms with E-state index >= 15 is 0 Å². The van der Waals surface area contributed by atoms with Crippen LogP contribution in [-0.4, -0.2) is 47.9 Å². The van der Waals surface area contributed by atoms with Crippen LogP contribution in [0.2, 0.25) is 10.0 Å². The number of aromatic nitrogens is 1. The summed E-state index contributed by atoms with van der Waals surface area (Å²) in [5.74, 6) is 6.93. The lowest BCUT2D eigenvalue weighted by Gasteiger charge is -2.35. The average molecular weight is 494 g/mol. The van der Waals surface area contributed by atoms with Crippen molar-refractivity contribution in [3.63, 3.8) is 0 Å². The summed E-state index contributed by atoms with van der Waals surface area (Å²) in [5.41, 5.74) is 1.93. The fourth-order valence-electron chi connectivity index (χ4n) is 3.57. The van der Waals surface area contributed by atoms with Crippen LogP contribution >= 0.6 is 23.2 Å². The van der Waals surface area contributed by atoms with E-state index in [9.17, 15) is 9.59 Å². The number of pyridine rings is 1. The molecule has 0 unspecified atom stereocenters. The molecule has 0 saturated carbocycles. The number of esters is 1. The van der Waals surface area contributed by atoms with Crippen molar-refractivity contribution in [2.75, 3.05) is 31.1 Å². The van der Waals surface area contributed by atoms with E-state index in [4.69, 9.17) is 27.9 Å². The molecule has 8 heteroatoms. The number of benzene rings is 2. The maximum absolute atomic E-state index is 12.8. The second kappa shape index (κ2) is 10.6. The highest BCUT2D eigenvalue weighted by Gasteiger charge is 2.24. The summed E-state index contributed by atoms with van der Waals surface area (Å²) in [6, 6.07) is 15.8. The summed E-state index contributed by atoms with van der Waals surface area (Å²) in [7, 11) is 0. The first-order valence-electron chi connectivity index (χ1n) is 10.6. The maximum Gasteiger partial charge on any atom is 0.308 e. The van der Waals surface area contributed by atoms with E-state index in [0.29, 0.717) is 47.5 Å². The number of amides is 1. The van der Waals surface area contributed by atoms with Gasteiger partial charge in [-0.25, -0.2) is 4.98 Å². The van der Waals surface area contributed by atoms with Gasteiger partial charge in [-0.3, -0.25) is 9.59 Å². The molecule has 1 fully saturated rings. The predicted molar refractivity (Wildman–Crippen MR) is 133 cm³/mol. The van der Waals surface area contributed by atoms with Gasteiger partial charge >= 0.3 is 5.97 Å². The Balaban J connectivity index is 1.37. The van der Waals surface area contributed by atoms with Crippen LogP contribution in [0.3, 0.4) is 0 Å². The molecule has 1 aromatic heterocycles. The van der Waals surface area contributed by atoms with Crippen LogP contribution in [-0.2, 0) is 4.79 Å². The van der Waals surface area contributed by atoms with Crippen LogP contribution in [0.15, 0.2) is 60.8 Å². The molecule has 1 saturated heterocycles. The highest BCUT2D eigenvalue weighted by Crippen LogP contribution is 2.23. The van der Waals surface area contributed by atoms with Gasteiger partial charge in [0.2, 0.25) is 0 Å². The molecule has 2 heterocycles. The highest BCUT2D eigenvalue weighted by atomic mass is 35.5. The van der Waals surface area contributed by atoms with Gasteiger partial charge in [-0.05, 0) is 48.5 Å². The zero-order valence-electron chi connectivity index (χ0n) is 18.4. The SMILES string of the molecule is CC(=O)Oc1cccc(C#Cc2ccc(N3CCN(C(=O)c4cc(Cl)ccc4Cl)CC3)nc2)c1. The molecule has 0 bridgehead atoms. The molecule has 0 atom stereocenters. The number of nitrogens with zero attached hydrogens (tertiary/aromatic N) is 3. The van der Waals surface area contributed by atoms with Crippen LogP contribution in [0.25, 0.3) is 0 Å². The molecule has 2 aromatic carbocycles. The predicted octanol–water partition coefficient (Wildman–Crippen LogP) is 4.68. The zero-order chi connectivity index (χ0) is 24.1. The lowest BCUT2D eigenvalue weighted by molar-refractivity contribution is -0.131. The first kappa shape index (κ1) is 23.6. The number of ether oxygens (including phenoxy) is 1. The number of anilines is 1. The number of hydrogen-bond acceptors (Lipinski definition) is 5.